The van der Waals surface area contributed by atoms with Gasteiger partial charge in [-0.2, -0.15) is 0 Å². The zero-order valence-corrected chi connectivity index (χ0v) is 10.5. The second-order valence-corrected chi connectivity index (χ2v) is 5.63. The Morgan fingerprint density at radius 1 is 1.29 bits per heavy atom. The summed E-state index contributed by atoms with van der Waals surface area (Å²) in [4.78, 5) is 0. The number of unbranched alkanes of at least 4 members (excludes halogenated alkanes) is 3. The van der Waals surface area contributed by atoms with Gasteiger partial charge in [0.1, 0.15) is 0 Å². The second-order valence-electron chi connectivity index (χ2n) is 3.19. The minimum atomic E-state index is 1.01. The molecule has 0 unspecified atom stereocenters. The van der Waals surface area contributed by atoms with E-state index in [-0.39, 0.29) is 0 Å². The molecule has 0 amide bonds. The Labute approximate surface area is 94.9 Å². The molecule has 1 heterocycles. The molecule has 3 heteroatoms. The maximum absolute atomic E-state index is 5.14. The molecule has 0 atom stereocenters. The van der Waals surface area contributed by atoms with Crippen LogP contribution in [0.25, 0.3) is 0 Å². The van der Waals surface area contributed by atoms with Crippen molar-refractivity contribution in [3.63, 3.8) is 0 Å². The molecule has 0 bridgehead atoms. The van der Waals surface area contributed by atoms with Gasteiger partial charge in [-0.15, -0.1) is 11.8 Å². The monoisotopic (exact) mass is 230 g/mol. The van der Waals surface area contributed by atoms with Crippen LogP contribution >= 0.6 is 23.1 Å². The molecule has 1 rings (SSSR count). The van der Waals surface area contributed by atoms with Crippen LogP contribution in [-0.2, 0) is 0 Å². The van der Waals surface area contributed by atoms with Crippen LogP contribution in [0.1, 0.15) is 32.6 Å². The Balaban J connectivity index is 2.12. The van der Waals surface area contributed by atoms with Gasteiger partial charge in [0, 0.05) is 0 Å². The van der Waals surface area contributed by atoms with E-state index in [2.05, 4.69) is 13.0 Å². The minimum Gasteiger partial charge on any atom is -0.487 e. The lowest BCUT2D eigenvalue weighted by Gasteiger charge is -1.97. The van der Waals surface area contributed by atoms with Crippen LogP contribution in [0.15, 0.2) is 16.3 Å². The third-order valence-electron chi connectivity index (χ3n) is 2.00. The van der Waals surface area contributed by atoms with Gasteiger partial charge in [-0.05, 0) is 24.3 Å². The summed E-state index contributed by atoms with van der Waals surface area (Å²) in [5.41, 5.74) is 0. The maximum Gasteiger partial charge on any atom is 0.174 e. The molecule has 1 nitrogen and oxygen atoms in total. The molecular weight excluding hydrogens is 212 g/mol. The number of thioether (sulfide) groups is 1. The molecule has 0 aliphatic heterocycles. The zero-order valence-electron chi connectivity index (χ0n) is 8.91. The first kappa shape index (κ1) is 11.9. The Morgan fingerprint density at radius 2 is 2.14 bits per heavy atom. The molecule has 0 aliphatic carbocycles. The van der Waals surface area contributed by atoms with Crippen LogP contribution in [0.4, 0.5) is 0 Å². The first-order valence-corrected chi connectivity index (χ1v) is 6.93. The molecule has 0 fully saturated rings. The Hall–Kier alpha value is -0.150. The van der Waals surface area contributed by atoms with Crippen LogP contribution in [0.2, 0.25) is 0 Å². The predicted octanol–water partition coefficient (Wildman–Crippen LogP) is 4.43. The quantitative estimate of drug-likeness (QED) is 0.506. The van der Waals surface area contributed by atoms with Crippen LogP contribution in [-0.4, -0.2) is 12.9 Å². The van der Waals surface area contributed by atoms with Crippen LogP contribution < -0.4 is 4.74 Å². The molecule has 0 N–H and O–H groups in total. The summed E-state index contributed by atoms with van der Waals surface area (Å²) in [6.07, 6.45) is 5.39. The van der Waals surface area contributed by atoms with Gasteiger partial charge in [-0.1, -0.05) is 37.5 Å². The van der Waals surface area contributed by atoms with Crippen molar-refractivity contribution in [2.24, 2.45) is 0 Å². The molecule has 0 radical (unpaired) electrons. The fourth-order valence-corrected chi connectivity index (χ4v) is 3.19. The van der Waals surface area contributed by atoms with Gasteiger partial charge in [0.25, 0.3) is 0 Å². The Kier molecular flexibility index (Phi) is 6.12. The normalized spacial score (nSPS) is 10.4. The molecule has 1 aromatic heterocycles. The highest BCUT2D eigenvalue weighted by molar-refractivity contribution is 8.01. The van der Waals surface area contributed by atoms with Crippen molar-refractivity contribution < 1.29 is 4.74 Å². The molecule has 0 aromatic carbocycles. The van der Waals surface area contributed by atoms with Crippen molar-refractivity contribution >= 4 is 23.1 Å². The highest BCUT2D eigenvalue weighted by Gasteiger charge is 1.99. The number of hydrogen-bond donors (Lipinski definition) is 0. The fourth-order valence-electron chi connectivity index (χ4n) is 1.19. The van der Waals surface area contributed by atoms with E-state index in [9.17, 15) is 0 Å². The Bertz CT molecular complexity index is 245. The van der Waals surface area contributed by atoms with E-state index >= 15 is 0 Å². The maximum atomic E-state index is 5.14. The third-order valence-corrected chi connectivity index (χ3v) is 4.36. The first-order valence-electron chi connectivity index (χ1n) is 5.13. The molecule has 80 valence electrons. The molecule has 0 aliphatic rings. The lowest BCUT2D eigenvalue weighted by molar-refractivity contribution is 0.427. The summed E-state index contributed by atoms with van der Waals surface area (Å²) in [6.45, 7) is 2.25. The number of methoxy groups -OCH3 is 1. The number of ether oxygens (including phenoxy) is 1. The van der Waals surface area contributed by atoms with E-state index in [4.69, 9.17) is 4.74 Å². The number of hydrogen-bond acceptors (Lipinski definition) is 3. The van der Waals surface area contributed by atoms with Crippen LogP contribution in [0.3, 0.4) is 0 Å². The molecule has 0 spiro atoms. The highest BCUT2D eigenvalue weighted by atomic mass is 32.2. The van der Waals surface area contributed by atoms with Crippen molar-refractivity contribution in [1.82, 2.24) is 0 Å². The van der Waals surface area contributed by atoms with E-state index in [1.54, 1.807) is 18.4 Å². The van der Waals surface area contributed by atoms with Gasteiger partial charge in [0.2, 0.25) is 0 Å². The van der Waals surface area contributed by atoms with Gasteiger partial charge in [0.15, 0.2) is 5.06 Å². The summed E-state index contributed by atoms with van der Waals surface area (Å²) in [5, 5.41) is 1.01. The number of rotatable bonds is 7. The Morgan fingerprint density at radius 3 is 2.79 bits per heavy atom. The van der Waals surface area contributed by atoms with Crippen molar-refractivity contribution in [3.8, 4) is 5.06 Å². The van der Waals surface area contributed by atoms with Crippen LogP contribution in [0.5, 0.6) is 5.06 Å². The van der Waals surface area contributed by atoms with E-state index < -0.39 is 0 Å². The molecular formula is C11H18OS2. The molecule has 14 heavy (non-hydrogen) atoms. The summed E-state index contributed by atoms with van der Waals surface area (Å²) < 4.78 is 6.52. The summed E-state index contributed by atoms with van der Waals surface area (Å²) in [6, 6.07) is 4.19. The fraction of sp³-hybridized carbons (Fsp3) is 0.636. The topological polar surface area (TPSA) is 9.23 Å². The van der Waals surface area contributed by atoms with E-state index in [1.165, 1.54) is 35.6 Å². The number of thiophene rings is 1. The zero-order chi connectivity index (χ0) is 10.2. The SMILES string of the molecule is CCCCCCSc1ccc(OC)s1. The lowest BCUT2D eigenvalue weighted by atomic mass is 10.2. The van der Waals surface area contributed by atoms with Gasteiger partial charge in [-0.25, -0.2) is 0 Å². The molecule has 0 saturated heterocycles. The van der Waals surface area contributed by atoms with Crippen LogP contribution in [0, 0.1) is 0 Å². The molecule has 1 aromatic rings. The predicted molar refractivity (Wildman–Crippen MR) is 65.7 cm³/mol. The highest BCUT2D eigenvalue weighted by Crippen LogP contribution is 2.32. The lowest BCUT2D eigenvalue weighted by Crippen LogP contribution is -1.79. The van der Waals surface area contributed by atoms with Gasteiger partial charge >= 0.3 is 0 Å². The first-order chi connectivity index (χ1) is 6.86. The average molecular weight is 230 g/mol. The van der Waals surface area contributed by atoms with Gasteiger partial charge in [-0.3, -0.25) is 0 Å². The van der Waals surface area contributed by atoms with Crippen molar-refractivity contribution in [2.45, 2.75) is 36.8 Å². The second kappa shape index (κ2) is 7.18. The van der Waals surface area contributed by atoms with Gasteiger partial charge < -0.3 is 4.74 Å². The summed E-state index contributed by atoms with van der Waals surface area (Å²) >= 11 is 3.68. The van der Waals surface area contributed by atoms with Crippen molar-refractivity contribution in [2.75, 3.05) is 12.9 Å². The van der Waals surface area contributed by atoms with E-state index in [0.29, 0.717) is 0 Å². The van der Waals surface area contributed by atoms with Crippen molar-refractivity contribution in [1.29, 1.82) is 0 Å². The van der Waals surface area contributed by atoms with Crippen molar-refractivity contribution in [3.05, 3.63) is 12.1 Å². The third kappa shape index (κ3) is 4.38. The van der Waals surface area contributed by atoms with E-state index in [1.807, 2.05) is 17.8 Å². The summed E-state index contributed by atoms with van der Waals surface area (Å²) in [7, 11) is 1.72. The molecule has 0 saturated carbocycles. The average Bonchev–Trinajstić information content (AvgIpc) is 2.65. The van der Waals surface area contributed by atoms with Gasteiger partial charge in [0.05, 0.1) is 11.3 Å². The standard InChI is InChI=1S/C11H18OS2/c1-3-4-5-6-9-13-11-8-7-10(12-2)14-11/h7-8H,3-6,9H2,1-2H3. The summed E-state index contributed by atoms with van der Waals surface area (Å²) in [5.74, 6) is 1.24. The largest absolute Gasteiger partial charge is 0.487 e. The smallest absolute Gasteiger partial charge is 0.174 e. The minimum absolute atomic E-state index is 1.01. The van der Waals surface area contributed by atoms with E-state index in [0.717, 1.165) is 5.06 Å².